The molecule has 0 spiro atoms. The lowest BCUT2D eigenvalue weighted by Gasteiger charge is -2.18. The van der Waals surface area contributed by atoms with E-state index in [1.165, 1.54) is 0 Å². The normalized spacial score (nSPS) is 15.1. The van der Waals surface area contributed by atoms with Crippen LogP contribution >= 0.6 is 0 Å². The van der Waals surface area contributed by atoms with Crippen LogP contribution in [0.2, 0.25) is 0 Å². The molecule has 1 N–H and O–H groups in total. The highest BCUT2D eigenvalue weighted by Crippen LogP contribution is 2.23. The van der Waals surface area contributed by atoms with Gasteiger partial charge in [0.05, 0.1) is 5.75 Å². The Morgan fingerprint density at radius 3 is 2.19 bits per heavy atom. The molecule has 0 fully saturated rings. The fraction of sp³-hybridized carbons (Fsp3) is 1.00. The van der Waals surface area contributed by atoms with Crippen LogP contribution in [0.3, 0.4) is 0 Å². The summed E-state index contributed by atoms with van der Waals surface area (Å²) < 4.78 is 57.7. The van der Waals surface area contributed by atoms with Gasteiger partial charge in [0.1, 0.15) is 9.84 Å². The van der Waals surface area contributed by atoms with Gasteiger partial charge < -0.3 is 5.32 Å². The minimum Gasteiger partial charge on any atom is -0.314 e. The largest absolute Gasteiger partial charge is 0.389 e. The topological polar surface area (TPSA) is 46.2 Å². The average molecular weight is 261 g/mol. The number of alkyl halides is 3. The highest BCUT2D eigenvalue weighted by molar-refractivity contribution is 7.90. The average Bonchev–Trinajstić information content (AvgIpc) is 2.07. The van der Waals surface area contributed by atoms with Gasteiger partial charge in [0.2, 0.25) is 0 Å². The minimum atomic E-state index is -4.18. The summed E-state index contributed by atoms with van der Waals surface area (Å²) in [7, 11) is -3.11. The van der Waals surface area contributed by atoms with E-state index in [1.807, 2.05) is 0 Å². The molecule has 0 heterocycles. The van der Waals surface area contributed by atoms with Gasteiger partial charge in [-0.15, -0.1) is 0 Å². The third-order valence-electron chi connectivity index (χ3n) is 2.11. The van der Waals surface area contributed by atoms with Crippen LogP contribution in [-0.2, 0) is 9.84 Å². The van der Waals surface area contributed by atoms with E-state index in [0.717, 1.165) is 6.26 Å². The van der Waals surface area contributed by atoms with Gasteiger partial charge in [-0.25, -0.2) is 8.42 Å². The van der Waals surface area contributed by atoms with Gasteiger partial charge in [0.25, 0.3) is 0 Å². The maximum atomic E-state index is 12.0. The second-order valence-corrected chi connectivity index (χ2v) is 6.09. The summed E-state index contributed by atoms with van der Waals surface area (Å²) in [6.07, 6.45) is -3.83. The first-order valence-electron chi connectivity index (χ1n) is 5.12. The van der Waals surface area contributed by atoms with Crippen molar-refractivity contribution in [2.24, 2.45) is 0 Å². The predicted octanol–water partition coefficient (Wildman–Crippen LogP) is 1.74. The first-order chi connectivity index (χ1) is 7.14. The third-order valence-corrected chi connectivity index (χ3v) is 3.08. The molecule has 0 aliphatic rings. The smallest absolute Gasteiger partial charge is 0.314 e. The fourth-order valence-corrected chi connectivity index (χ4v) is 2.04. The zero-order valence-corrected chi connectivity index (χ0v) is 10.3. The molecule has 0 saturated carbocycles. The number of nitrogens with one attached hydrogen (secondary N) is 1. The quantitative estimate of drug-likeness (QED) is 0.759. The number of halogens is 3. The molecule has 7 heteroatoms. The monoisotopic (exact) mass is 261 g/mol. The van der Waals surface area contributed by atoms with Crippen molar-refractivity contribution < 1.29 is 21.6 Å². The molecular formula is C9H18F3NO2S. The highest BCUT2D eigenvalue weighted by Gasteiger charge is 2.28. The van der Waals surface area contributed by atoms with E-state index in [-0.39, 0.29) is 24.6 Å². The molecule has 1 unspecified atom stereocenters. The molecule has 98 valence electrons. The van der Waals surface area contributed by atoms with Crippen molar-refractivity contribution in [1.82, 2.24) is 5.32 Å². The van der Waals surface area contributed by atoms with Gasteiger partial charge in [0, 0.05) is 18.7 Å². The molecule has 16 heavy (non-hydrogen) atoms. The molecule has 0 aromatic heterocycles. The van der Waals surface area contributed by atoms with Crippen molar-refractivity contribution in [3.63, 3.8) is 0 Å². The fourth-order valence-electron chi connectivity index (χ4n) is 1.33. The summed E-state index contributed by atoms with van der Waals surface area (Å²) >= 11 is 0. The number of hydrogen-bond acceptors (Lipinski definition) is 3. The van der Waals surface area contributed by atoms with Crippen molar-refractivity contribution in [1.29, 1.82) is 0 Å². The zero-order chi connectivity index (χ0) is 12.8. The first kappa shape index (κ1) is 15.7. The maximum absolute atomic E-state index is 12.0. The molecule has 0 aromatic carbocycles. The lowest BCUT2D eigenvalue weighted by atomic mass is 10.1. The van der Waals surface area contributed by atoms with Crippen LogP contribution in [0.25, 0.3) is 0 Å². The SMILES string of the molecule is CCNC(CCC(F)(F)F)CCS(C)(=O)=O. The Morgan fingerprint density at radius 2 is 1.81 bits per heavy atom. The van der Waals surface area contributed by atoms with Crippen molar-refractivity contribution in [2.75, 3.05) is 18.6 Å². The Bertz CT molecular complexity index is 288. The molecule has 0 saturated heterocycles. The van der Waals surface area contributed by atoms with E-state index >= 15 is 0 Å². The number of rotatable bonds is 7. The van der Waals surface area contributed by atoms with Gasteiger partial charge in [0.15, 0.2) is 0 Å². The summed E-state index contributed by atoms with van der Waals surface area (Å²) in [5.74, 6) is -0.0808. The summed E-state index contributed by atoms with van der Waals surface area (Å²) in [4.78, 5) is 0. The first-order valence-corrected chi connectivity index (χ1v) is 7.18. The van der Waals surface area contributed by atoms with Crippen LogP contribution in [-0.4, -0.2) is 39.2 Å². The molecule has 0 aliphatic heterocycles. The minimum absolute atomic E-state index is 0.0765. The van der Waals surface area contributed by atoms with Crippen LogP contribution < -0.4 is 5.32 Å². The van der Waals surface area contributed by atoms with E-state index in [0.29, 0.717) is 6.54 Å². The molecule has 0 bridgehead atoms. The molecule has 0 radical (unpaired) electrons. The molecule has 0 rings (SSSR count). The van der Waals surface area contributed by atoms with Gasteiger partial charge in [-0.05, 0) is 19.4 Å². The zero-order valence-electron chi connectivity index (χ0n) is 9.47. The van der Waals surface area contributed by atoms with Crippen LogP contribution in [0.4, 0.5) is 13.2 Å². The highest BCUT2D eigenvalue weighted by atomic mass is 32.2. The van der Waals surface area contributed by atoms with Crippen molar-refractivity contribution >= 4 is 9.84 Å². The van der Waals surface area contributed by atoms with E-state index in [4.69, 9.17) is 0 Å². The number of hydrogen-bond donors (Lipinski definition) is 1. The second-order valence-electron chi connectivity index (χ2n) is 3.83. The Kier molecular flexibility index (Phi) is 6.32. The predicted molar refractivity (Wildman–Crippen MR) is 57.1 cm³/mol. The van der Waals surface area contributed by atoms with E-state index < -0.39 is 22.4 Å². The van der Waals surface area contributed by atoms with Crippen LogP contribution in [0.15, 0.2) is 0 Å². The second kappa shape index (κ2) is 6.44. The number of sulfone groups is 1. The van der Waals surface area contributed by atoms with Crippen molar-refractivity contribution in [2.45, 2.75) is 38.4 Å². The maximum Gasteiger partial charge on any atom is 0.389 e. The van der Waals surface area contributed by atoms with Gasteiger partial charge in [-0.1, -0.05) is 6.92 Å². The van der Waals surface area contributed by atoms with Crippen molar-refractivity contribution in [3.8, 4) is 0 Å². The summed E-state index contributed by atoms with van der Waals surface area (Å²) in [5.41, 5.74) is 0. The van der Waals surface area contributed by atoms with Crippen LogP contribution in [0, 0.1) is 0 Å². The standard InChI is InChI=1S/C9H18F3NO2S/c1-3-13-8(4-6-9(10,11)12)5-7-16(2,14)15/h8,13H,3-7H2,1-2H3. The van der Waals surface area contributed by atoms with Crippen LogP contribution in [0.1, 0.15) is 26.2 Å². The molecule has 0 amide bonds. The van der Waals surface area contributed by atoms with Gasteiger partial charge in [-0.2, -0.15) is 13.2 Å². The van der Waals surface area contributed by atoms with E-state index in [2.05, 4.69) is 5.32 Å². The lowest BCUT2D eigenvalue weighted by Crippen LogP contribution is -2.32. The molecule has 3 nitrogen and oxygen atoms in total. The molecule has 0 aliphatic carbocycles. The Hall–Kier alpha value is -0.300. The summed E-state index contributed by atoms with van der Waals surface area (Å²) in [5, 5.41) is 2.86. The molecule has 0 aromatic rings. The molecule has 1 atom stereocenters. The van der Waals surface area contributed by atoms with E-state index in [9.17, 15) is 21.6 Å². The third kappa shape index (κ3) is 10.2. The van der Waals surface area contributed by atoms with Gasteiger partial charge in [-0.3, -0.25) is 0 Å². The van der Waals surface area contributed by atoms with Crippen molar-refractivity contribution in [3.05, 3.63) is 0 Å². The molecular weight excluding hydrogens is 243 g/mol. The lowest BCUT2D eigenvalue weighted by molar-refractivity contribution is -0.136. The Morgan fingerprint density at radius 1 is 1.25 bits per heavy atom. The Labute approximate surface area is 94.3 Å². The van der Waals surface area contributed by atoms with E-state index in [1.54, 1.807) is 6.92 Å². The Balaban J connectivity index is 4.07. The van der Waals surface area contributed by atoms with Gasteiger partial charge >= 0.3 is 6.18 Å². The van der Waals surface area contributed by atoms with Crippen LogP contribution in [0.5, 0.6) is 0 Å². The summed E-state index contributed by atoms with van der Waals surface area (Å²) in [6, 6.07) is -0.388. The summed E-state index contributed by atoms with van der Waals surface area (Å²) in [6.45, 7) is 2.31.